The van der Waals surface area contributed by atoms with Crippen LogP contribution < -0.4 is 5.32 Å². The van der Waals surface area contributed by atoms with Gasteiger partial charge in [-0.15, -0.1) is 0 Å². The number of benzene rings is 2. The molecule has 0 aromatic heterocycles. The van der Waals surface area contributed by atoms with Crippen molar-refractivity contribution in [3.8, 4) is 0 Å². The van der Waals surface area contributed by atoms with Crippen molar-refractivity contribution in [2.45, 2.75) is 25.8 Å². The van der Waals surface area contributed by atoms with E-state index in [9.17, 15) is 14.4 Å². The molecule has 3 amide bonds. The average molecular weight is 461 g/mol. The number of carbonyl (C=O) groups excluding carboxylic acids is 3. The summed E-state index contributed by atoms with van der Waals surface area (Å²) in [7, 11) is 0. The fraction of sp³-hybridized carbons (Fsp3) is 0.370. The van der Waals surface area contributed by atoms with E-state index in [0.717, 1.165) is 17.5 Å². The Morgan fingerprint density at radius 2 is 1.67 bits per heavy atom. The normalized spacial score (nSPS) is 31.9. The van der Waals surface area contributed by atoms with Gasteiger partial charge >= 0.3 is 0 Å². The molecule has 2 saturated carbocycles. The molecule has 4 aliphatic carbocycles. The number of carbonyl (C=O) groups is 3. The number of hydrogen-bond acceptors (Lipinski definition) is 3. The van der Waals surface area contributed by atoms with E-state index in [4.69, 9.17) is 11.6 Å². The van der Waals surface area contributed by atoms with Gasteiger partial charge in [0.1, 0.15) is 6.04 Å². The number of anilines is 1. The molecule has 2 aromatic carbocycles. The average Bonchev–Trinajstić information content (AvgIpc) is 3.59. The maximum absolute atomic E-state index is 13.7. The van der Waals surface area contributed by atoms with Crippen LogP contribution in [-0.2, 0) is 20.8 Å². The molecule has 168 valence electrons. The number of allylic oxidation sites excluding steroid dienone is 2. The minimum absolute atomic E-state index is 0.127. The maximum Gasteiger partial charge on any atom is 0.248 e. The number of aryl methyl sites for hydroxylation is 1. The Balaban J connectivity index is 1.34. The van der Waals surface area contributed by atoms with E-state index in [1.165, 1.54) is 4.90 Å². The van der Waals surface area contributed by atoms with E-state index in [1.54, 1.807) is 12.1 Å². The molecule has 0 unspecified atom stereocenters. The SMILES string of the molecule is Cc1ccc(Cl)cc1NC(=O)[C@H](Cc1ccccc1)N1C(=O)[C@@H]2[C@H]3C=C[C@@H]([C@@H]4C[C@@H]34)[C@@H]2C1=O. The first-order valence-electron chi connectivity index (χ1n) is 11.6. The molecule has 1 aliphatic heterocycles. The molecule has 2 aromatic rings. The Bertz CT molecular complexity index is 1160. The number of hydrogen-bond donors (Lipinski definition) is 1. The molecule has 1 saturated heterocycles. The van der Waals surface area contributed by atoms with Crippen molar-refractivity contribution in [2.24, 2.45) is 35.5 Å². The van der Waals surface area contributed by atoms with E-state index < -0.39 is 6.04 Å². The second-order valence-electron chi connectivity index (χ2n) is 9.86. The monoisotopic (exact) mass is 460 g/mol. The quantitative estimate of drug-likeness (QED) is 0.535. The Hall–Kier alpha value is -2.92. The van der Waals surface area contributed by atoms with Gasteiger partial charge in [0, 0.05) is 17.1 Å². The van der Waals surface area contributed by atoms with Crippen molar-refractivity contribution >= 4 is 35.0 Å². The third-order valence-corrected chi connectivity index (χ3v) is 8.28. The van der Waals surface area contributed by atoms with Gasteiger partial charge in [-0.2, -0.15) is 0 Å². The molecule has 7 rings (SSSR count). The first kappa shape index (κ1) is 20.7. The number of imide groups is 1. The summed E-state index contributed by atoms with van der Waals surface area (Å²) in [5.41, 5.74) is 2.35. The number of nitrogens with zero attached hydrogens (tertiary/aromatic N) is 1. The Morgan fingerprint density at radius 3 is 2.30 bits per heavy atom. The molecule has 33 heavy (non-hydrogen) atoms. The second-order valence-corrected chi connectivity index (χ2v) is 10.3. The summed E-state index contributed by atoms with van der Waals surface area (Å²) in [5.74, 6) is -0.0891. The van der Waals surface area contributed by atoms with Crippen LogP contribution in [0, 0.1) is 42.4 Å². The van der Waals surface area contributed by atoms with Crippen LogP contribution in [0.2, 0.25) is 5.02 Å². The highest BCUT2D eigenvalue weighted by molar-refractivity contribution is 6.31. The standard InChI is InChI=1S/C27H25ClN2O3/c1-14-7-8-16(28)12-21(14)29-25(31)22(11-15-5-3-2-4-6-15)30-26(32)23-17-9-10-18(20-13-19(17)20)24(23)27(30)33/h2-10,12,17-20,22-24H,11,13H2,1H3,(H,29,31)/t17-,18-,19-,20-,22-,23-,24+/m0/s1. The van der Waals surface area contributed by atoms with Gasteiger partial charge in [-0.3, -0.25) is 19.3 Å². The molecule has 5 nitrogen and oxygen atoms in total. The number of likely N-dealkylation sites (tertiary alicyclic amines) is 1. The lowest BCUT2D eigenvalue weighted by Crippen LogP contribution is -2.49. The smallest absolute Gasteiger partial charge is 0.248 e. The van der Waals surface area contributed by atoms with Crippen molar-refractivity contribution in [1.29, 1.82) is 0 Å². The highest BCUT2D eigenvalue weighted by atomic mass is 35.5. The zero-order chi connectivity index (χ0) is 22.9. The zero-order valence-electron chi connectivity index (χ0n) is 18.3. The van der Waals surface area contributed by atoms with Crippen LogP contribution in [0.15, 0.2) is 60.7 Å². The lowest BCUT2D eigenvalue weighted by atomic mass is 9.63. The number of amides is 3. The van der Waals surface area contributed by atoms with Crippen molar-refractivity contribution in [3.05, 3.63) is 76.8 Å². The van der Waals surface area contributed by atoms with Gasteiger partial charge in [0.05, 0.1) is 11.8 Å². The van der Waals surface area contributed by atoms with E-state index in [2.05, 4.69) is 17.5 Å². The first-order chi connectivity index (χ1) is 15.9. The molecule has 3 fully saturated rings. The van der Waals surface area contributed by atoms with Crippen LogP contribution in [0.1, 0.15) is 17.5 Å². The zero-order valence-corrected chi connectivity index (χ0v) is 19.0. The van der Waals surface area contributed by atoms with Crippen molar-refractivity contribution in [2.75, 3.05) is 5.32 Å². The van der Waals surface area contributed by atoms with E-state index in [0.29, 0.717) is 22.5 Å². The summed E-state index contributed by atoms with van der Waals surface area (Å²) >= 11 is 6.15. The molecule has 6 heteroatoms. The number of halogens is 1. The fourth-order valence-electron chi connectivity index (χ4n) is 6.37. The lowest BCUT2D eigenvalue weighted by Gasteiger charge is -2.37. The van der Waals surface area contributed by atoms with Gasteiger partial charge < -0.3 is 5.32 Å². The Labute approximate surface area is 197 Å². The van der Waals surface area contributed by atoms with E-state index in [1.807, 2.05) is 43.3 Å². The summed E-state index contributed by atoms with van der Waals surface area (Å²) in [4.78, 5) is 42.3. The van der Waals surface area contributed by atoms with Crippen LogP contribution in [-0.4, -0.2) is 28.7 Å². The Morgan fingerprint density at radius 1 is 1.03 bits per heavy atom. The van der Waals surface area contributed by atoms with Crippen LogP contribution in [0.5, 0.6) is 0 Å². The number of nitrogens with one attached hydrogen (secondary N) is 1. The highest BCUT2D eigenvalue weighted by Crippen LogP contribution is 2.65. The van der Waals surface area contributed by atoms with Gasteiger partial charge in [0.2, 0.25) is 17.7 Å². The number of rotatable bonds is 5. The van der Waals surface area contributed by atoms with Crippen LogP contribution in [0.25, 0.3) is 0 Å². The maximum atomic E-state index is 13.7. The summed E-state index contributed by atoms with van der Waals surface area (Å²) in [6, 6.07) is 13.9. The van der Waals surface area contributed by atoms with Gasteiger partial charge in [0.15, 0.2) is 0 Å². The van der Waals surface area contributed by atoms with Crippen LogP contribution >= 0.6 is 11.6 Å². The van der Waals surface area contributed by atoms with E-state index in [-0.39, 0.29) is 47.8 Å². The first-order valence-corrected chi connectivity index (χ1v) is 12.0. The minimum Gasteiger partial charge on any atom is -0.324 e. The third-order valence-electron chi connectivity index (χ3n) is 8.04. The van der Waals surface area contributed by atoms with Gasteiger partial charge in [-0.1, -0.05) is 60.2 Å². The van der Waals surface area contributed by atoms with Gasteiger partial charge in [0.25, 0.3) is 0 Å². The molecule has 1 N–H and O–H groups in total. The van der Waals surface area contributed by atoms with Crippen molar-refractivity contribution in [1.82, 2.24) is 4.90 Å². The second kappa shape index (κ2) is 7.56. The third kappa shape index (κ3) is 3.24. The molecular formula is C27H25ClN2O3. The largest absolute Gasteiger partial charge is 0.324 e. The summed E-state index contributed by atoms with van der Waals surface area (Å²) < 4.78 is 0. The summed E-state index contributed by atoms with van der Waals surface area (Å²) in [6.45, 7) is 1.88. The minimum atomic E-state index is -0.910. The predicted octanol–water partition coefficient (Wildman–Crippen LogP) is 4.25. The summed E-state index contributed by atoms with van der Waals surface area (Å²) in [5, 5.41) is 3.45. The van der Waals surface area contributed by atoms with Gasteiger partial charge in [-0.25, -0.2) is 0 Å². The summed E-state index contributed by atoms with van der Waals surface area (Å²) in [6.07, 6.45) is 5.68. The van der Waals surface area contributed by atoms with Crippen molar-refractivity contribution < 1.29 is 14.4 Å². The lowest BCUT2D eigenvalue weighted by molar-refractivity contribution is -0.146. The molecule has 1 heterocycles. The van der Waals surface area contributed by atoms with E-state index >= 15 is 0 Å². The Kier molecular flexibility index (Phi) is 4.73. The van der Waals surface area contributed by atoms with Crippen molar-refractivity contribution in [3.63, 3.8) is 0 Å². The molecule has 0 spiro atoms. The molecule has 2 bridgehead atoms. The molecule has 5 aliphatic rings. The molecule has 0 radical (unpaired) electrons. The van der Waals surface area contributed by atoms with Crippen LogP contribution in [0.4, 0.5) is 5.69 Å². The topological polar surface area (TPSA) is 66.5 Å². The van der Waals surface area contributed by atoms with Crippen LogP contribution in [0.3, 0.4) is 0 Å². The predicted molar refractivity (Wildman–Crippen MR) is 125 cm³/mol. The molecule has 7 atom stereocenters. The molecular weight excluding hydrogens is 436 g/mol. The van der Waals surface area contributed by atoms with Gasteiger partial charge in [-0.05, 0) is 60.3 Å². The fourth-order valence-corrected chi connectivity index (χ4v) is 6.54. The highest BCUT2D eigenvalue weighted by Gasteiger charge is 2.67.